The SMILES string of the molecule is N#Cc1ccc(N(Cc2ccc(N)cc2)n2cncn2)cc1. The molecule has 0 aliphatic rings. The lowest BCUT2D eigenvalue weighted by Gasteiger charge is -2.24. The molecule has 1 aromatic heterocycles. The number of hydrogen-bond acceptors (Lipinski definition) is 5. The summed E-state index contributed by atoms with van der Waals surface area (Å²) in [5, 5.41) is 15.1. The van der Waals surface area contributed by atoms with Crippen LogP contribution in [0, 0.1) is 11.3 Å². The van der Waals surface area contributed by atoms with E-state index in [9.17, 15) is 0 Å². The fourth-order valence-corrected chi connectivity index (χ4v) is 2.11. The molecule has 0 radical (unpaired) electrons. The van der Waals surface area contributed by atoms with Crippen molar-refractivity contribution >= 4 is 11.4 Å². The van der Waals surface area contributed by atoms with Gasteiger partial charge in [0.25, 0.3) is 0 Å². The van der Waals surface area contributed by atoms with Gasteiger partial charge in [-0.05, 0) is 42.0 Å². The monoisotopic (exact) mass is 290 g/mol. The molecular formula is C16H14N6. The molecule has 22 heavy (non-hydrogen) atoms. The van der Waals surface area contributed by atoms with E-state index in [1.807, 2.05) is 41.4 Å². The average molecular weight is 290 g/mol. The minimum atomic E-state index is 0.607. The summed E-state index contributed by atoms with van der Waals surface area (Å²) in [5.74, 6) is 0. The van der Waals surface area contributed by atoms with Crippen LogP contribution in [0.15, 0.2) is 61.2 Å². The molecule has 0 spiro atoms. The molecule has 0 saturated heterocycles. The van der Waals surface area contributed by atoms with Crippen molar-refractivity contribution in [2.75, 3.05) is 10.7 Å². The minimum Gasteiger partial charge on any atom is -0.399 e. The molecule has 2 aromatic carbocycles. The Hall–Kier alpha value is -3.33. The van der Waals surface area contributed by atoms with Crippen molar-refractivity contribution in [3.63, 3.8) is 0 Å². The first-order chi connectivity index (χ1) is 10.8. The molecule has 6 nitrogen and oxygen atoms in total. The summed E-state index contributed by atoms with van der Waals surface area (Å²) in [6, 6.07) is 17.1. The van der Waals surface area contributed by atoms with Crippen LogP contribution in [0.25, 0.3) is 0 Å². The van der Waals surface area contributed by atoms with Crippen molar-refractivity contribution < 1.29 is 0 Å². The van der Waals surface area contributed by atoms with E-state index in [0.29, 0.717) is 12.1 Å². The van der Waals surface area contributed by atoms with Crippen LogP contribution in [0.1, 0.15) is 11.1 Å². The van der Waals surface area contributed by atoms with Crippen LogP contribution in [-0.4, -0.2) is 14.9 Å². The topological polar surface area (TPSA) is 83.8 Å². The van der Waals surface area contributed by atoms with Gasteiger partial charge in [0.15, 0.2) is 0 Å². The van der Waals surface area contributed by atoms with Crippen LogP contribution in [0.2, 0.25) is 0 Å². The van der Waals surface area contributed by atoms with Crippen LogP contribution >= 0.6 is 0 Å². The van der Waals surface area contributed by atoms with E-state index in [4.69, 9.17) is 11.0 Å². The number of benzene rings is 2. The highest BCUT2D eigenvalue weighted by Crippen LogP contribution is 2.19. The maximum absolute atomic E-state index is 8.91. The van der Waals surface area contributed by atoms with Crippen molar-refractivity contribution in [2.45, 2.75) is 6.54 Å². The quantitative estimate of drug-likeness (QED) is 0.745. The van der Waals surface area contributed by atoms with Gasteiger partial charge in [0.1, 0.15) is 12.7 Å². The van der Waals surface area contributed by atoms with E-state index in [-0.39, 0.29) is 0 Å². The second-order valence-electron chi connectivity index (χ2n) is 4.77. The average Bonchev–Trinajstić information content (AvgIpc) is 3.09. The van der Waals surface area contributed by atoms with Gasteiger partial charge in [-0.15, -0.1) is 5.10 Å². The zero-order valence-corrected chi connectivity index (χ0v) is 11.8. The van der Waals surface area contributed by atoms with Gasteiger partial charge in [0, 0.05) is 5.69 Å². The van der Waals surface area contributed by atoms with Crippen molar-refractivity contribution in [3.05, 3.63) is 72.3 Å². The Morgan fingerprint density at radius 1 is 1.09 bits per heavy atom. The smallest absolute Gasteiger partial charge is 0.139 e. The number of nitrogen functional groups attached to an aromatic ring is 1. The Morgan fingerprint density at radius 2 is 1.82 bits per heavy atom. The Kier molecular flexibility index (Phi) is 3.70. The van der Waals surface area contributed by atoms with E-state index >= 15 is 0 Å². The van der Waals surface area contributed by atoms with Crippen LogP contribution < -0.4 is 10.7 Å². The molecule has 0 fully saturated rings. The van der Waals surface area contributed by atoms with Gasteiger partial charge in [-0.3, -0.25) is 5.01 Å². The summed E-state index contributed by atoms with van der Waals surface area (Å²) in [4.78, 5) is 5.66. The zero-order valence-electron chi connectivity index (χ0n) is 11.8. The second kappa shape index (κ2) is 5.97. The number of aromatic nitrogens is 3. The molecule has 0 bridgehead atoms. The van der Waals surface area contributed by atoms with Crippen molar-refractivity contribution in [2.24, 2.45) is 0 Å². The van der Waals surface area contributed by atoms with E-state index in [0.717, 1.165) is 16.9 Å². The predicted molar refractivity (Wildman–Crippen MR) is 83.6 cm³/mol. The molecule has 108 valence electrons. The van der Waals surface area contributed by atoms with Crippen molar-refractivity contribution in [3.8, 4) is 6.07 Å². The lowest BCUT2D eigenvalue weighted by atomic mass is 10.2. The fourth-order valence-electron chi connectivity index (χ4n) is 2.11. The van der Waals surface area contributed by atoms with Crippen LogP contribution in [0.3, 0.4) is 0 Å². The summed E-state index contributed by atoms with van der Waals surface area (Å²) in [6.07, 6.45) is 3.12. The molecule has 0 unspecified atom stereocenters. The minimum absolute atomic E-state index is 0.607. The van der Waals surface area contributed by atoms with E-state index < -0.39 is 0 Å². The predicted octanol–water partition coefficient (Wildman–Crippen LogP) is 2.20. The summed E-state index contributed by atoms with van der Waals surface area (Å²) < 4.78 is 0. The molecule has 2 N–H and O–H groups in total. The number of rotatable bonds is 4. The number of nitriles is 1. The molecule has 0 atom stereocenters. The maximum atomic E-state index is 8.91. The van der Waals surface area contributed by atoms with E-state index in [1.54, 1.807) is 23.3 Å². The maximum Gasteiger partial charge on any atom is 0.139 e. The Labute approximate surface area is 128 Å². The molecule has 0 aliphatic heterocycles. The molecule has 0 aliphatic carbocycles. The van der Waals surface area contributed by atoms with Gasteiger partial charge in [0.2, 0.25) is 0 Å². The summed E-state index contributed by atoms with van der Waals surface area (Å²) in [6.45, 7) is 0.607. The Bertz CT molecular complexity index is 769. The van der Waals surface area contributed by atoms with Crippen LogP contribution in [0.4, 0.5) is 11.4 Å². The standard InChI is InChI=1S/C16H14N6/c17-9-13-3-7-16(8-4-13)21(22-12-19-11-20-22)10-14-1-5-15(18)6-2-14/h1-8,11-12H,10,18H2. The molecule has 0 saturated carbocycles. The largest absolute Gasteiger partial charge is 0.399 e. The highest BCUT2D eigenvalue weighted by Gasteiger charge is 2.10. The van der Waals surface area contributed by atoms with Gasteiger partial charge in [-0.2, -0.15) is 10.1 Å². The third-order valence-corrected chi connectivity index (χ3v) is 3.26. The van der Waals surface area contributed by atoms with Gasteiger partial charge in [-0.25, -0.2) is 4.98 Å². The first kappa shape index (κ1) is 13.6. The number of nitrogens with two attached hydrogens (primary N) is 1. The zero-order chi connectivity index (χ0) is 15.4. The fraction of sp³-hybridized carbons (Fsp3) is 0.0625. The molecule has 1 heterocycles. The molecule has 0 amide bonds. The molecular weight excluding hydrogens is 276 g/mol. The third-order valence-electron chi connectivity index (χ3n) is 3.26. The number of nitrogens with zero attached hydrogens (tertiary/aromatic N) is 5. The molecule has 3 aromatic rings. The van der Waals surface area contributed by atoms with Gasteiger partial charge in [-0.1, -0.05) is 12.1 Å². The van der Waals surface area contributed by atoms with Gasteiger partial charge in [0.05, 0.1) is 23.9 Å². The Balaban J connectivity index is 1.93. The lowest BCUT2D eigenvalue weighted by Crippen LogP contribution is -2.29. The molecule has 6 heteroatoms. The second-order valence-corrected chi connectivity index (χ2v) is 4.77. The molecule has 3 rings (SSSR count). The Morgan fingerprint density at radius 3 is 2.41 bits per heavy atom. The van der Waals surface area contributed by atoms with Crippen molar-refractivity contribution in [1.82, 2.24) is 14.9 Å². The van der Waals surface area contributed by atoms with E-state index in [2.05, 4.69) is 16.2 Å². The number of hydrogen-bond donors (Lipinski definition) is 1. The number of anilines is 2. The van der Waals surface area contributed by atoms with Gasteiger partial charge < -0.3 is 5.73 Å². The summed E-state index contributed by atoms with van der Waals surface area (Å²) in [7, 11) is 0. The van der Waals surface area contributed by atoms with Gasteiger partial charge >= 0.3 is 0 Å². The normalized spacial score (nSPS) is 10.1. The van der Waals surface area contributed by atoms with E-state index in [1.165, 1.54) is 6.33 Å². The first-order valence-corrected chi connectivity index (χ1v) is 6.73. The van der Waals surface area contributed by atoms with Crippen LogP contribution in [0.5, 0.6) is 0 Å². The summed E-state index contributed by atoms with van der Waals surface area (Å²) >= 11 is 0. The highest BCUT2D eigenvalue weighted by molar-refractivity contribution is 5.50. The summed E-state index contributed by atoms with van der Waals surface area (Å²) in [5.41, 5.74) is 9.08. The highest BCUT2D eigenvalue weighted by atomic mass is 15.7. The van der Waals surface area contributed by atoms with Crippen molar-refractivity contribution in [1.29, 1.82) is 5.26 Å². The lowest BCUT2D eigenvalue weighted by molar-refractivity contribution is 0.610. The first-order valence-electron chi connectivity index (χ1n) is 6.73. The third kappa shape index (κ3) is 2.88. The van der Waals surface area contributed by atoms with Crippen LogP contribution in [-0.2, 0) is 6.54 Å².